The molecule has 1 spiro atoms. The average molecular weight is 908 g/mol. The number of piperidine rings is 3. The number of likely N-dealkylation sites (tertiary alicyclic amines) is 1. The second-order valence-corrected chi connectivity index (χ2v) is 20.9. The Morgan fingerprint density at radius 1 is 0.848 bits per heavy atom. The van der Waals surface area contributed by atoms with Crippen LogP contribution in [0.5, 0.6) is 0 Å². The lowest BCUT2D eigenvalue weighted by molar-refractivity contribution is -0.137. The van der Waals surface area contributed by atoms with Crippen molar-refractivity contribution in [3.63, 3.8) is 0 Å². The summed E-state index contributed by atoms with van der Waals surface area (Å²) >= 11 is 0. The summed E-state index contributed by atoms with van der Waals surface area (Å²) in [6, 6.07) is 10.2. The second kappa shape index (κ2) is 17.7. The molecule has 352 valence electrons. The van der Waals surface area contributed by atoms with Crippen LogP contribution in [0.4, 0.5) is 31.8 Å². The van der Waals surface area contributed by atoms with Gasteiger partial charge in [-0.2, -0.15) is 0 Å². The maximum absolute atomic E-state index is 15.7. The minimum absolute atomic E-state index is 0.0143. The third-order valence-corrected chi connectivity index (χ3v) is 16.0. The number of halogens is 2. The van der Waals surface area contributed by atoms with Crippen molar-refractivity contribution in [1.29, 1.82) is 0 Å². The molecule has 4 amide bonds. The highest BCUT2D eigenvalue weighted by Gasteiger charge is 2.45. The Hall–Kier alpha value is -5.42. The van der Waals surface area contributed by atoms with Crippen LogP contribution in [0.1, 0.15) is 86.7 Å². The normalized spacial score (nSPS) is 26.3. The molecule has 1 aromatic heterocycles. The van der Waals surface area contributed by atoms with E-state index < -0.39 is 29.1 Å². The molecule has 2 aromatic carbocycles. The molecule has 66 heavy (non-hydrogen) atoms. The van der Waals surface area contributed by atoms with Crippen LogP contribution in [0, 0.1) is 28.9 Å². The van der Waals surface area contributed by atoms with Gasteiger partial charge in [-0.15, -0.1) is 0 Å². The number of anilines is 4. The fourth-order valence-electron chi connectivity index (χ4n) is 11.9. The zero-order valence-corrected chi connectivity index (χ0v) is 38.5. The summed E-state index contributed by atoms with van der Waals surface area (Å²) in [5.74, 6) is 0.943. The standard InChI is InChI=1S/C49H63F2N11O4/c1-48(2)9-14-58(15-10-48)24-33-21-38(51)41(22-37(33)50)61-28-45(64)56-49(29-61)11-16-59(17-12-49)42-23-43(54-30-53-42)60-25-31-19-34(20-32(31)26-60)57(3)18-13-52-39-6-4-5-35-36(39)27-62(47(35)66)40-7-8-44(63)55-46(40)65/h4-6,21-23,30-32,34,40,52H,7-20,24-29H2,1-3H3,(H,56,64)(H,55,63,65)/t31-,32+,34?,40?. The summed E-state index contributed by atoms with van der Waals surface area (Å²) in [4.78, 5) is 72.6. The van der Waals surface area contributed by atoms with E-state index in [1.54, 1.807) is 16.1 Å². The summed E-state index contributed by atoms with van der Waals surface area (Å²) in [7, 11) is 2.19. The number of aromatic nitrogens is 2. The maximum Gasteiger partial charge on any atom is 0.255 e. The van der Waals surface area contributed by atoms with Crippen molar-refractivity contribution in [1.82, 2.24) is 35.3 Å². The molecule has 1 saturated carbocycles. The summed E-state index contributed by atoms with van der Waals surface area (Å²) in [6.45, 7) is 12.1. The number of carbonyl (C=O) groups excluding carboxylic acids is 4. The van der Waals surface area contributed by atoms with Gasteiger partial charge in [-0.1, -0.05) is 19.9 Å². The molecule has 15 nitrogen and oxygen atoms in total. The first-order valence-corrected chi connectivity index (χ1v) is 24.0. The third-order valence-electron chi connectivity index (χ3n) is 16.0. The first-order valence-electron chi connectivity index (χ1n) is 24.0. The van der Waals surface area contributed by atoms with Crippen LogP contribution in [0.2, 0.25) is 0 Å². The van der Waals surface area contributed by atoms with Crippen molar-refractivity contribution < 1.29 is 28.0 Å². The molecule has 6 aliphatic heterocycles. The highest BCUT2D eigenvalue weighted by Crippen LogP contribution is 2.42. The minimum atomic E-state index is -0.637. The summed E-state index contributed by atoms with van der Waals surface area (Å²) in [6.07, 6.45) is 7.80. The van der Waals surface area contributed by atoms with Gasteiger partial charge in [-0.3, -0.25) is 29.4 Å². The van der Waals surface area contributed by atoms with Gasteiger partial charge in [-0.25, -0.2) is 18.7 Å². The van der Waals surface area contributed by atoms with E-state index in [0.717, 1.165) is 81.3 Å². The largest absolute Gasteiger partial charge is 0.383 e. The monoisotopic (exact) mass is 908 g/mol. The van der Waals surface area contributed by atoms with Gasteiger partial charge in [0.1, 0.15) is 35.6 Å². The van der Waals surface area contributed by atoms with Crippen LogP contribution < -0.4 is 30.7 Å². The van der Waals surface area contributed by atoms with E-state index in [1.165, 1.54) is 12.1 Å². The van der Waals surface area contributed by atoms with Gasteiger partial charge in [0.15, 0.2) is 0 Å². The first kappa shape index (κ1) is 44.4. The summed E-state index contributed by atoms with van der Waals surface area (Å²) in [5.41, 5.74) is 2.63. The van der Waals surface area contributed by atoms with E-state index in [2.05, 4.69) is 67.5 Å². The Kier molecular flexibility index (Phi) is 11.9. The number of piperazine rings is 1. The van der Waals surface area contributed by atoms with Crippen molar-refractivity contribution in [2.45, 2.75) is 95.9 Å². The SMILES string of the molecule is CN(CCNc1cccc2c1CN(C1CCC(=O)NC1=O)C2=O)C1C[C@@H]2CN(c3cc(N4CCC5(CC4)CN(c4cc(F)c(CN6CCC(C)(C)CC6)cc4F)CC(=O)N5)ncn3)C[C@@H]2C1. The highest BCUT2D eigenvalue weighted by molar-refractivity contribution is 6.06. The van der Waals surface area contributed by atoms with Gasteiger partial charge in [0.25, 0.3) is 5.91 Å². The van der Waals surface area contributed by atoms with Crippen molar-refractivity contribution in [3.8, 4) is 0 Å². The van der Waals surface area contributed by atoms with E-state index in [0.29, 0.717) is 87.5 Å². The molecule has 0 bridgehead atoms. The number of rotatable bonds is 11. The molecule has 3 N–H and O–H groups in total. The smallest absolute Gasteiger partial charge is 0.255 e. The Bertz CT molecular complexity index is 2370. The van der Waals surface area contributed by atoms with Gasteiger partial charge in [-0.05, 0) is 101 Å². The molecule has 7 heterocycles. The fourth-order valence-corrected chi connectivity index (χ4v) is 11.9. The van der Waals surface area contributed by atoms with Crippen LogP contribution in [-0.4, -0.2) is 138 Å². The molecule has 10 rings (SSSR count). The summed E-state index contributed by atoms with van der Waals surface area (Å²) < 4.78 is 31.3. The minimum Gasteiger partial charge on any atom is -0.383 e. The number of nitrogens with one attached hydrogen (secondary N) is 3. The van der Waals surface area contributed by atoms with Crippen molar-refractivity contribution in [2.24, 2.45) is 17.3 Å². The third kappa shape index (κ3) is 8.92. The van der Waals surface area contributed by atoms with Gasteiger partial charge >= 0.3 is 0 Å². The predicted molar refractivity (Wildman–Crippen MR) is 247 cm³/mol. The quantitative estimate of drug-likeness (QED) is 0.235. The van der Waals surface area contributed by atoms with Crippen molar-refractivity contribution >= 4 is 46.6 Å². The lowest BCUT2D eigenvalue weighted by atomic mass is 9.82. The van der Waals surface area contributed by atoms with Crippen LogP contribution in [0.3, 0.4) is 0 Å². The van der Waals surface area contributed by atoms with E-state index in [4.69, 9.17) is 4.98 Å². The molecule has 17 heteroatoms. The van der Waals surface area contributed by atoms with Crippen molar-refractivity contribution in [3.05, 3.63) is 71.1 Å². The molecule has 2 unspecified atom stereocenters. The van der Waals surface area contributed by atoms with E-state index in [1.807, 2.05) is 18.2 Å². The molecular weight excluding hydrogens is 845 g/mol. The van der Waals surface area contributed by atoms with Crippen LogP contribution in [-0.2, 0) is 27.5 Å². The number of nitrogens with zero attached hydrogens (tertiary/aromatic N) is 8. The number of hydrogen-bond acceptors (Lipinski definition) is 12. The molecule has 4 atom stereocenters. The second-order valence-electron chi connectivity index (χ2n) is 20.9. The molecule has 7 aliphatic rings. The fraction of sp³-hybridized carbons (Fsp3) is 0.592. The van der Waals surface area contributed by atoms with E-state index >= 15 is 8.78 Å². The van der Waals surface area contributed by atoms with E-state index in [-0.39, 0.29) is 41.8 Å². The predicted octanol–water partition coefficient (Wildman–Crippen LogP) is 4.37. The van der Waals surface area contributed by atoms with Crippen LogP contribution >= 0.6 is 0 Å². The molecule has 5 saturated heterocycles. The Morgan fingerprint density at radius 3 is 2.30 bits per heavy atom. The number of hydrogen-bond donors (Lipinski definition) is 3. The number of imide groups is 1. The van der Waals surface area contributed by atoms with Gasteiger partial charge in [0.05, 0.1) is 17.8 Å². The van der Waals surface area contributed by atoms with Crippen LogP contribution in [0.15, 0.2) is 42.7 Å². The topological polar surface area (TPSA) is 150 Å². The Labute approximate surface area is 385 Å². The zero-order valence-electron chi connectivity index (χ0n) is 38.5. The first-order chi connectivity index (χ1) is 31.7. The maximum atomic E-state index is 15.7. The molecule has 1 aliphatic carbocycles. The average Bonchev–Trinajstić information content (AvgIpc) is 3.98. The Balaban J connectivity index is 0.697. The van der Waals surface area contributed by atoms with Gasteiger partial charge in [0.2, 0.25) is 17.7 Å². The Morgan fingerprint density at radius 2 is 1.58 bits per heavy atom. The van der Waals surface area contributed by atoms with Crippen LogP contribution in [0.25, 0.3) is 0 Å². The number of benzene rings is 2. The molecule has 6 fully saturated rings. The van der Waals surface area contributed by atoms with E-state index in [9.17, 15) is 19.2 Å². The van der Waals surface area contributed by atoms with Gasteiger partial charge in [0, 0.05) is 106 Å². The number of carbonyl (C=O) groups is 4. The highest BCUT2D eigenvalue weighted by atomic mass is 19.1. The lowest BCUT2D eigenvalue weighted by Crippen LogP contribution is -2.66. The lowest BCUT2D eigenvalue weighted by Gasteiger charge is -2.48. The zero-order chi connectivity index (χ0) is 45.9. The molecule has 0 radical (unpaired) electrons. The number of amides is 4. The van der Waals surface area contributed by atoms with Gasteiger partial charge < -0.3 is 35.1 Å². The molecule has 3 aromatic rings. The summed E-state index contributed by atoms with van der Waals surface area (Å²) in [5, 5.41) is 9.18. The number of fused-ring (bicyclic) bond motifs is 2. The molecular formula is C49H63F2N11O4. The number of likely N-dealkylation sites (N-methyl/N-ethyl adjacent to an activating group) is 1. The van der Waals surface area contributed by atoms with Crippen molar-refractivity contribution in [2.75, 3.05) is 92.5 Å².